The maximum Gasteiger partial charge on any atom is 0.306 e. The van der Waals surface area contributed by atoms with E-state index >= 15 is 0 Å². The SMILES string of the molecule is CCCC/C=C\CCCCCCCC(=O)OC(COC(=O)CCCCC)COC1OC(CO)C(O)C(O)C1O. The van der Waals surface area contributed by atoms with Crippen molar-refractivity contribution >= 4 is 11.9 Å². The molecule has 1 fully saturated rings. The molecule has 0 amide bonds. The van der Waals surface area contributed by atoms with Crippen LogP contribution in [0.25, 0.3) is 0 Å². The van der Waals surface area contributed by atoms with Crippen molar-refractivity contribution in [1.29, 1.82) is 0 Å². The fourth-order valence-corrected chi connectivity index (χ4v) is 4.17. The first-order valence-corrected chi connectivity index (χ1v) is 14.8. The zero-order chi connectivity index (χ0) is 28.9. The predicted octanol–water partition coefficient (Wildman–Crippen LogP) is 3.32. The van der Waals surface area contributed by atoms with E-state index < -0.39 is 55.4 Å². The average molecular weight is 561 g/mol. The van der Waals surface area contributed by atoms with Gasteiger partial charge in [-0.1, -0.05) is 70.9 Å². The fraction of sp³-hybridized carbons (Fsp3) is 0.862. The Kier molecular flexibility index (Phi) is 20.2. The van der Waals surface area contributed by atoms with Gasteiger partial charge in [0.15, 0.2) is 12.4 Å². The van der Waals surface area contributed by atoms with Gasteiger partial charge in [0.25, 0.3) is 0 Å². The third-order valence-electron chi connectivity index (χ3n) is 6.65. The van der Waals surface area contributed by atoms with Gasteiger partial charge >= 0.3 is 11.9 Å². The van der Waals surface area contributed by atoms with E-state index in [1.54, 1.807) is 0 Å². The fourth-order valence-electron chi connectivity index (χ4n) is 4.17. The lowest BCUT2D eigenvalue weighted by molar-refractivity contribution is -0.305. The van der Waals surface area contributed by atoms with Crippen molar-refractivity contribution in [1.82, 2.24) is 0 Å². The van der Waals surface area contributed by atoms with Crippen LogP contribution in [0.2, 0.25) is 0 Å². The van der Waals surface area contributed by atoms with Gasteiger partial charge in [-0.3, -0.25) is 9.59 Å². The summed E-state index contributed by atoms with van der Waals surface area (Å²) in [7, 11) is 0. The van der Waals surface area contributed by atoms with Gasteiger partial charge < -0.3 is 39.4 Å². The van der Waals surface area contributed by atoms with Crippen LogP contribution in [0.5, 0.6) is 0 Å². The van der Waals surface area contributed by atoms with Crippen molar-refractivity contribution in [3.8, 4) is 0 Å². The van der Waals surface area contributed by atoms with Gasteiger partial charge in [0.2, 0.25) is 0 Å². The minimum atomic E-state index is -1.59. The van der Waals surface area contributed by atoms with Crippen molar-refractivity contribution < 1.29 is 49.0 Å². The Morgan fingerprint density at radius 3 is 2.08 bits per heavy atom. The molecule has 1 saturated heterocycles. The molecular weight excluding hydrogens is 508 g/mol. The molecule has 0 radical (unpaired) electrons. The summed E-state index contributed by atoms with van der Waals surface area (Å²) in [5, 5.41) is 39.4. The van der Waals surface area contributed by atoms with Crippen LogP contribution >= 0.6 is 0 Å². The van der Waals surface area contributed by atoms with Crippen LogP contribution in [0.3, 0.4) is 0 Å². The van der Waals surface area contributed by atoms with Gasteiger partial charge in [-0.25, -0.2) is 0 Å². The molecule has 1 aliphatic rings. The number of carbonyl (C=O) groups excluding carboxylic acids is 2. The van der Waals surface area contributed by atoms with Crippen molar-refractivity contribution in [3.63, 3.8) is 0 Å². The number of ether oxygens (including phenoxy) is 4. The lowest BCUT2D eigenvalue weighted by Gasteiger charge is -2.39. The molecule has 1 rings (SSSR count). The summed E-state index contributed by atoms with van der Waals surface area (Å²) in [4.78, 5) is 24.5. The van der Waals surface area contributed by atoms with Crippen molar-refractivity contribution in [2.24, 2.45) is 0 Å². The molecule has 0 aromatic carbocycles. The Hall–Kier alpha value is -1.56. The van der Waals surface area contributed by atoms with E-state index in [0.717, 1.165) is 51.4 Å². The van der Waals surface area contributed by atoms with Crippen molar-refractivity contribution in [3.05, 3.63) is 12.2 Å². The standard InChI is InChI=1S/C29H52O10/c1-3-5-7-8-9-10-11-12-13-14-16-18-25(32)38-22(20-36-24(31)17-15-6-4-2)21-37-29-28(35)27(34)26(33)23(19-30)39-29/h8-9,22-23,26-30,33-35H,3-7,10-21H2,1-2H3/b9-8-. The van der Waals surface area contributed by atoms with Gasteiger partial charge in [-0.2, -0.15) is 0 Å². The quantitative estimate of drug-likeness (QED) is 0.0881. The van der Waals surface area contributed by atoms with Crippen LogP contribution in [-0.2, 0) is 28.5 Å². The van der Waals surface area contributed by atoms with Gasteiger partial charge in [0.05, 0.1) is 13.2 Å². The number of allylic oxidation sites excluding steroid dienone is 2. The summed E-state index contributed by atoms with van der Waals surface area (Å²) >= 11 is 0. The van der Waals surface area contributed by atoms with Gasteiger partial charge in [-0.05, 0) is 32.1 Å². The van der Waals surface area contributed by atoms with Crippen LogP contribution in [0.15, 0.2) is 12.2 Å². The monoisotopic (exact) mass is 560 g/mol. The van der Waals surface area contributed by atoms with E-state index in [2.05, 4.69) is 19.1 Å². The minimum absolute atomic E-state index is 0.220. The second-order valence-corrected chi connectivity index (χ2v) is 10.2. The highest BCUT2D eigenvalue weighted by Gasteiger charge is 2.44. The summed E-state index contributed by atoms with van der Waals surface area (Å²) < 4.78 is 21.6. The molecule has 0 aliphatic carbocycles. The zero-order valence-corrected chi connectivity index (χ0v) is 23.9. The number of rotatable bonds is 22. The minimum Gasteiger partial charge on any atom is -0.462 e. The second-order valence-electron chi connectivity index (χ2n) is 10.2. The van der Waals surface area contributed by atoms with Crippen LogP contribution in [0, 0.1) is 0 Å². The molecule has 0 saturated carbocycles. The molecule has 0 bridgehead atoms. The molecule has 1 aliphatic heterocycles. The molecule has 228 valence electrons. The van der Waals surface area contributed by atoms with E-state index in [-0.39, 0.29) is 26.1 Å². The number of unbranched alkanes of at least 4 members (excludes halogenated alkanes) is 9. The maximum atomic E-state index is 12.5. The maximum absolute atomic E-state index is 12.5. The number of aliphatic hydroxyl groups is 4. The van der Waals surface area contributed by atoms with Crippen LogP contribution < -0.4 is 0 Å². The topological polar surface area (TPSA) is 152 Å². The normalized spacial score (nSPS) is 24.1. The molecule has 4 N–H and O–H groups in total. The highest BCUT2D eigenvalue weighted by molar-refractivity contribution is 5.70. The molecule has 0 aromatic heterocycles. The lowest BCUT2D eigenvalue weighted by atomic mass is 9.99. The number of hydrogen-bond acceptors (Lipinski definition) is 10. The third kappa shape index (κ3) is 15.7. The highest BCUT2D eigenvalue weighted by atomic mass is 16.7. The van der Waals surface area contributed by atoms with Crippen molar-refractivity contribution in [2.75, 3.05) is 19.8 Å². The van der Waals surface area contributed by atoms with Gasteiger partial charge in [0, 0.05) is 12.8 Å². The zero-order valence-electron chi connectivity index (χ0n) is 23.9. The van der Waals surface area contributed by atoms with E-state index in [4.69, 9.17) is 18.9 Å². The Balaban J connectivity index is 2.47. The largest absolute Gasteiger partial charge is 0.462 e. The molecule has 10 nitrogen and oxygen atoms in total. The van der Waals surface area contributed by atoms with Crippen LogP contribution in [0.4, 0.5) is 0 Å². The summed E-state index contributed by atoms with van der Waals surface area (Å²) in [6.07, 6.45) is 8.98. The molecular formula is C29H52O10. The molecule has 0 spiro atoms. The van der Waals surface area contributed by atoms with Gasteiger partial charge in [-0.15, -0.1) is 0 Å². The van der Waals surface area contributed by atoms with Crippen LogP contribution in [0.1, 0.15) is 104 Å². The summed E-state index contributed by atoms with van der Waals surface area (Å²) in [6.45, 7) is 3.13. The van der Waals surface area contributed by atoms with Crippen molar-refractivity contribution in [2.45, 2.75) is 141 Å². The Labute approximate surface area is 233 Å². The van der Waals surface area contributed by atoms with Crippen LogP contribution in [-0.4, -0.2) is 89.0 Å². The molecule has 1 heterocycles. The Morgan fingerprint density at radius 2 is 1.38 bits per heavy atom. The molecule has 0 aromatic rings. The first-order valence-electron chi connectivity index (χ1n) is 14.8. The number of aliphatic hydroxyl groups excluding tert-OH is 4. The number of esters is 2. The van der Waals surface area contributed by atoms with Gasteiger partial charge in [0.1, 0.15) is 31.0 Å². The molecule has 39 heavy (non-hydrogen) atoms. The Morgan fingerprint density at radius 1 is 0.769 bits per heavy atom. The molecule has 10 heteroatoms. The first-order chi connectivity index (χ1) is 18.8. The highest BCUT2D eigenvalue weighted by Crippen LogP contribution is 2.22. The number of carbonyl (C=O) groups is 2. The summed E-state index contributed by atoms with van der Waals surface area (Å²) in [5.74, 6) is -0.851. The Bertz CT molecular complexity index is 668. The molecule has 6 unspecified atom stereocenters. The van der Waals surface area contributed by atoms with E-state index in [9.17, 15) is 30.0 Å². The third-order valence-corrected chi connectivity index (χ3v) is 6.65. The van der Waals surface area contributed by atoms with E-state index in [1.807, 2.05) is 6.92 Å². The summed E-state index contributed by atoms with van der Waals surface area (Å²) in [6, 6.07) is 0. The predicted molar refractivity (Wildman–Crippen MR) is 146 cm³/mol. The first kappa shape index (κ1) is 35.5. The molecule has 6 atom stereocenters. The average Bonchev–Trinajstić information content (AvgIpc) is 2.92. The lowest BCUT2D eigenvalue weighted by Crippen LogP contribution is -2.59. The van der Waals surface area contributed by atoms with E-state index in [1.165, 1.54) is 12.8 Å². The number of hydrogen-bond donors (Lipinski definition) is 4. The smallest absolute Gasteiger partial charge is 0.306 e. The summed E-state index contributed by atoms with van der Waals surface area (Å²) in [5.41, 5.74) is 0. The second kappa shape index (κ2) is 22.2. The van der Waals surface area contributed by atoms with E-state index in [0.29, 0.717) is 12.8 Å².